The Labute approximate surface area is 102 Å². The van der Waals surface area contributed by atoms with Crippen LogP contribution in [-0.2, 0) is 0 Å². The lowest BCUT2D eigenvalue weighted by Crippen LogP contribution is -2.12. The summed E-state index contributed by atoms with van der Waals surface area (Å²) < 4.78 is 1.74. The van der Waals surface area contributed by atoms with Crippen LogP contribution >= 0.6 is 0 Å². The molecule has 88 valence electrons. The number of nitrogens with one attached hydrogen (secondary N) is 1. The van der Waals surface area contributed by atoms with Crippen molar-refractivity contribution in [2.24, 2.45) is 0 Å². The van der Waals surface area contributed by atoms with Crippen molar-refractivity contribution in [3.8, 4) is 0 Å². The van der Waals surface area contributed by atoms with Gasteiger partial charge in [-0.05, 0) is 12.1 Å². The third-order valence-corrected chi connectivity index (χ3v) is 2.44. The Hall–Kier alpha value is -2.76. The first kappa shape index (κ1) is 10.4. The third-order valence-electron chi connectivity index (χ3n) is 2.44. The van der Waals surface area contributed by atoms with Crippen molar-refractivity contribution in [3.05, 3.63) is 55.0 Å². The molecule has 0 fully saturated rings. The number of hydrogen-bond acceptors (Lipinski definition) is 4. The summed E-state index contributed by atoms with van der Waals surface area (Å²) in [4.78, 5) is 24.0. The van der Waals surface area contributed by atoms with Crippen LogP contribution < -0.4 is 5.32 Å². The van der Waals surface area contributed by atoms with E-state index in [1.165, 1.54) is 0 Å². The normalized spacial score (nSPS) is 10.4. The number of rotatable bonds is 2. The molecular formula is C12H9N5O. The van der Waals surface area contributed by atoms with Gasteiger partial charge in [0, 0.05) is 36.7 Å². The van der Waals surface area contributed by atoms with Crippen LogP contribution in [0, 0.1) is 0 Å². The molecule has 3 heterocycles. The Kier molecular flexibility index (Phi) is 2.45. The fourth-order valence-electron chi connectivity index (χ4n) is 1.58. The molecule has 18 heavy (non-hydrogen) atoms. The van der Waals surface area contributed by atoms with Crippen molar-refractivity contribution < 1.29 is 4.79 Å². The predicted octanol–water partition coefficient (Wildman–Crippen LogP) is 1.38. The number of pyridine rings is 1. The highest BCUT2D eigenvalue weighted by Crippen LogP contribution is 2.08. The minimum Gasteiger partial charge on any atom is -0.320 e. The number of amides is 1. The molecule has 0 saturated heterocycles. The quantitative estimate of drug-likeness (QED) is 0.733. The lowest BCUT2D eigenvalue weighted by Gasteiger charge is -2.00. The van der Waals surface area contributed by atoms with Crippen LogP contribution in [0.2, 0.25) is 0 Å². The molecule has 3 aromatic heterocycles. The molecule has 6 nitrogen and oxygen atoms in total. The predicted molar refractivity (Wildman–Crippen MR) is 65.2 cm³/mol. The van der Waals surface area contributed by atoms with E-state index in [1.807, 2.05) is 0 Å². The van der Waals surface area contributed by atoms with Gasteiger partial charge >= 0.3 is 0 Å². The molecule has 3 aromatic rings. The van der Waals surface area contributed by atoms with Crippen molar-refractivity contribution in [2.75, 3.05) is 5.32 Å². The Balaban J connectivity index is 1.88. The van der Waals surface area contributed by atoms with Crippen LogP contribution in [0.1, 0.15) is 10.5 Å². The van der Waals surface area contributed by atoms with Crippen LogP contribution in [0.5, 0.6) is 0 Å². The molecule has 0 atom stereocenters. The van der Waals surface area contributed by atoms with Gasteiger partial charge in [-0.25, -0.2) is 4.98 Å². The summed E-state index contributed by atoms with van der Waals surface area (Å²) >= 11 is 0. The van der Waals surface area contributed by atoms with Gasteiger partial charge in [-0.15, -0.1) is 0 Å². The molecule has 6 heteroatoms. The van der Waals surface area contributed by atoms with E-state index < -0.39 is 0 Å². The first-order valence-electron chi connectivity index (χ1n) is 5.33. The fourth-order valence-corrected chi connectivity index (χ4v) is 1.58. The number of anilines is 1. The number of hydrogen-bond donors (Lipinski definition) is 1. The highest BCUT2D eigenvalue weighted by molar-refractivity contribution is 6.03. The Morgan fingerprint density at radius 2 is 2.00 bits per heavy atom. The van der Waals surface area contributed by atoms with E-state index in [2.05, 4.69) is 20.3 Å². The maximum absolute atomic E-state index is 12.0. The van der Waals surface area contributed by atoms with Crippen LogP contribution in [0.3, 0.4) is 0 Å². The maximum Gasteiger partial charge on any atom is 0.275 e. The Morgan fingerprint density at radius 3 is 2.78 bits per heavy atom. The van der Waals surface area contributed by atoms with E-state index in [4.69, 9.17) is 0 Å². The summed E-state index contributed by atoms with van der Waals surface area (Å²) in [5, 5.41) is 2.74. The third kappa shape index (κ3) is 1.91. The summed E-state index contributed by atoms with van der Waals surface area (Å²) in [5.74, 6) is -0.259. The smallest absolute Gasteiger partial charge is 0.275 e. The molecule has 0 spiro atoms. The zero-order chi connectivity index (χ0) is 12.4. The second-order valence-corrected chi connectivity index (χ2v) is 3.66. The highest BCUT2D eigenvalue weighted by Gasteiger charge is 2.10. The van der Waals surface area contributed by atoms with E-state index >= 15 is 0 Å². The van der Waals surface area contributed by atoms with E-state index in [1.54, 1.807) is 53.7 Å². The number of fused-ring (bicyclic) bond motifs is 1. The first-order chi connectivity index (χ1) is 8.83. The Morgan fingerprint density at radius 1 is 1.17 bits per heavy atom. The lowest BCUT2D eigenvalue weighted by molar-refractivity contribution is 0.102. The van der Waals surface area contributed by atoms with Crippen molar-refractivity contribution in [1.82, 2.24) is 19.4 Å². The molecule has 0 aromatic carbocycles. The Bertz CT molecular complexity index is 659. The van der Waals surface area contributed by atoms with Crippen LogP contribution in [0.15, 0.2) is 49.3 Å². The van der Waals surface area contributed by atoms with Gasteiger partial charge in [0.25, 0.3) is 5.91 Å². The molecule has 0 aliphatic heterocycles. The average molecular weight is 239 g/mol. The topological polar surface area (TPSA) is 72.2 Å². The molecule has 1 amide bonds. The highest BCUT2D eigenvalue weighted by atomic mass is 16.1. The van der Waals surface area contributed by atoms with Gasteiger partial charge in [-0.3, -0.25) is 14.8 Å². The monoisotopic (exact) mass is 239 g/mol. The SMILES string of the molecule is O=C(Nc1ccncc1)c1cn2ccncc2n1. The zero-order valence-corrected chi connectivity index (χ0v) is 9.32. The fraction of sp³-hybridized carbons (Fsp3) is 0. The van der Waals surface area contributed by atoms with Gasteiger partial charge in [0.15, 0.2) is 5.65 Å². The molecule has 0 aliphatic carbocycles. The molecule has 0 aliphatic rings. The minimum absolute atomic E-state index is 0.259. The van der Waals surface area contributed by atoms with Crippen molar-refractivity contribution in [1.29, 1.82) is 0 Å². The van der Waals surface area contributed by atoms with E-state index in [9.17, 15) is 4.79 Å². The van der Waals surface area contributed by atoms with E-state index in [0.717, 1.165) is 0 Å². The zero-order valence-electron chi connectivity index (χ0n) is 9.32. The van der Waals surface area contributed by atoms with Gasteiger partial charge in [0.05, 0.1) is 6.20 Å². The molecule has 0 unspecified atom stereocenters. The van der Waals surface area contributed by atoms with Gasteiger partial charge in [0.2, 0.25) is 0 Å². The first-order valence-corrected chi connectivity index (χ1v) is 5.33. The van der Waals surface area contributed by atoms with Gasteiger partial charge < -0.3 is 9.72 Å². The number of carbonyl (C=O) groups is 1. The van der Waals surface area contributed by atoms with Crippen LogP contribution in [0.4, 0.5) is 5.69 Å². The van der Waals surface area contributed by atoms with E-state index in [-0.39, 0.29) is 5.91 Å². The second-order valence-electron chi connectivity index (χ2n) is 3.66. The molecule has 0 radical (unpaired) electrons. The van der Waals surface area contributed by atoms with Crippen molar-refractivity contribution in [3.63, 3.8) is 0 Å². The summed E-state index contributed by atoms with van der Waals surface area (Å²) in [6.45, 7) is 0. The number of imidazole rings is 1. The van der Waals surface area contributed by atoms with Gasteiger partial charge in [0.1, 0.15) is 5.69 Å². The molecular weight excluding hydrogens is 230 g/mol. The summed E-state index contributed by atoms with van der Waals surface area (Å²) in [6, 6.07) is 3.44. The number of nitrogens with zero attached hydrogens (tertiary/aromatic N) is 4. The molecule has 0 saturated carbocycles. The molecule has 0 bridgehead atoms. The molecule has 3 rings (SSSR count). The summed E-state index contributed by atoms with van der Waals surface area (Å²) in [7, 11) is 0. The van der Waals surface area contributed by atoms with Crippen LogP contribution in [0.25, 0.3) is 5.65 Å². The standard InChI is InChI=1S/C12H9N5O/c18-12(15-9-1-3-13-4-2-9)10-8-17-6-5-14-7-11(17)16-10/h1-8H,(H,13,15,18). The van der Waals surface area contributed by atoms with Gasteiger partial charge in [-0.1, -0.05) is 0 Å². The number of aromatic nitrogens is 4. The summed E-state index contributed by atoms with van der Waals surface area (Å²) in [6.07, 6.45) is 9.87. The molecule has 1 N–H and O–H groups in total. The van der Waals surface area contributed by atoms with Gasteiger partial charge in [-0.2, -0.15) is 0 Å². The summed E-state index contributed by atoms with van der Waals surface area (Å²) in [5.41, 5.74) is 1.67. The second kappa shape index (κ2) is 4.25. The average Bonchev–Trinajstić information content (AvgIpc) is 2.84. The van der Waals surface area contributed by atoms with Crippen molar-refractivity contribution in [2.45, 2.75) is 0 Å². The van der Waals surface area contributed by atoms with Crippen molar-refractivity contribution >= 4 is 17.2 Å². The van der Waals surface area contributed by atoms with E-state index in [0.29, 0.717) is 17.0 Å². The lowest BCUT2D eigenvalue weighted by atomic mass is 10.3. The largest absolute Gasteiger partial charge is 0.320 e. The minimum atomic E-state index is -0.259. The number of carbonyl (C=O) groups excluding carboxylic acids is 1. The van der Waals surface area contributed by atoms with Crippen LogP contribution in [-0.4, -0.2) is 25.3 Å². The maximum atomic E-state index is 12.0.